The van der Waals surface area contributed by atoms with Crippen molar-refractivity contribution in [1.82, 2.24) is 15.5 Å². The third-order valence-electron chi connectivity index (χ3n) is 9.65. The van der Waals surface area contributed by atoms with E-state index < -0.39 is 11.6 Å². The molecule has 0 radical (unpaired) electrons. The molecule has 2 amide bonds. The number of carbonyl (C=O) groups is 1. The van der Waals surface area contributed by atoms with Crippen molar-refractivity contribution in [2.75, 3.05) is 6.54 Å². The van der Waals surface area contributed by atoms with Gasteiger partial charge in [0.15, 0.2) is 0 Å². The summed E-state index contributed by atoms with van der Waals surface area (Å²) in [7, 11) is 0. The van der Waals surface area contributed by atoms with Crippen LogP contribution in [0.25, 0.3) is 0 Å². The van der Waals surface area contributed by atoms with Gasteiger partial charge < -0.3 is 15.7 Å². The molecule has 206 valence electrons. The molecule has 1 saturated carbocycles. The first-order valence-corrected chi connectivity index (χ1v) is 15.1. The minimum Gasteiger partial charge on any atom is -0.378 e. The maximum Gasteiger partial charge on any atom is 0.315 e. The van der Waals surface area contributed by atoms with E-state index in [4.69, 9.17) is 0 Å². The zero-order valence-corrected chi connectivity index (χ0v) is 23.3. The average molecular weight is 518 g/mol. The molecule has 0 spiro atoms. The molecule has 38 heavy (non-hydrogen) atoms. The minimum atomic E-state index is -1.33. The van der Waals surface area contributed by atoms with E-state index in [2.05, 4.69) is 29.4 Å². The van der Waals surface area contributed by atoms with Gasteiger partial charge in [-0.2, -0.15) is 0 Å². The molecule has 5 nitrogen and oxygen atoms in total. The zero-order chi connectivity index (χ0) is 26.5. The van der Waals surface area contributed by atoms with Crippen LogP contribution in [0.3, 0.4) is 0 Å². The van der Waals surface area contributed by atoms with Crippen LogP contribution in [0.4, 0.5) is 4.79 Å². The highest BCUT2D eigenvalue weighted by Gasteiger charge is 2.43. The summed E-state index contributed by atoms with van der Waals surface area (Å²) in [6, 6.07) is 20.7. The fraction of sp³-hybridized carbons (Fsp3) is 0.606. The second kappa shape index (κ2) is 12.2. The van der Waals surface area contributed by atoms with Crippen molar-refractivity contribution in [3.05, 3.63) is 71.8 Å². The lowest BCUT2D eigenvalue weighted by atomic mass is 9.76. The first-order chi connectivity index (χ1) is 18.4. The summed E-state index contributed by atoms with van der Waals surface area (Å²) < 4.78 is 0. The zero-order valence-electron chi connectivity index (χ0n) is 23.3. The molecule has 0 unspecified atom stereocenters. The van der Waals surface area contributed by atoms with Gasteiger partial charge in [0, 0.05) is 18.1 Å². The molecular formula is C33H47N3O2. The maximum absolute atomic E-state index is 13.3. The Bertz CT molecular complexity index is 964. The van der Waals surface area contributed by atoms with Gasteiger partial charge >= 0.3 is 6.03 Å². The quantitative estimate of drug-likeness (QED) is 0.370. The second-order valence-corrected chi connectivity index (χ2v) is 12.4. The standard InChI is InChI=1S/C33H47N3O2/c1-24(2)31(33(38,26-10-5-3-6-11-26)27-12-7-4-8-13-27)35-32(37)34-28-18-16-25(17-19-28)22-23-36-29-14-9-15-30(36)21-20-29/h3-8,10-13,24-25,28-31,38H,9,14-23H2,1-2H3,(H2,34,35,37)/t25?,28?,29-,30+,31-/m0/s1. The number of piperidine rings is 1. The van der Waals surface area contributed by atoms with Gasteiger partial charge in [-0.05, 0) is 87.3 Å². The first kappa shape index (κ1) is 27.2. The summed E-state index contributed by atoms with van der Waals surface area (Å²) in [6.45, 7) is 5.38. The molecule has 1 aliphatic carbocycles. The van der Waals surface area contributed by atoms with Gasteiger partial charge in [0.1, 0.15) is 5.60 Å². The lowest BCUT2D eigenvalue weighted by molar-refractivity contribution is 0.0232. The van der Waals surface area contributed by atoms with Crippen molar-refractivity contribution >= 4 is 6.03 Å². The molecule has 3 atom stereocenters. The molecule has 5 rings (SSSR count). The number of carbonyl (C=O) groups excluding carboxylic acids is 1. The topological polar surface area (TPSA) is 64.6 Å². The van der Waals surface area contributed by atoms with E-state index in [0.717, 1.165) is 42.0 Å². The summed E-state index contributed by atoms with van der Waals surface area (Å²) >= 11 is 0. The number of hydrogen-bond donors (Lipinski definition) is 3. The third-order valence-corrected chi connectivity index (χ3v) is 9.65. The van der Waals surface area contributed by atoms with E-state index in [-0.39, 0.29) is 18.0 Å². The first-order valence-electron chi connectivity index (χ1n) is 15.1. The number of fused-ring (bicyclic) bond motifs is 2. The van der Waals surface area contributed by atoms with Crippen LogP contribution in [-0.2, 0) is 5.60 Å². The van der Waals surface area contributed by atoms with Crippen molar-refractivity contribution in [3.8, 4) is 0 Å². The summed E-state index contributed by atoms with van der Waals surface area (Å²) in [5.41, 5.74) is 0.236. The van der Waals surface area contributed by atoms with Crippen LogP contribution < -0.4 is 10.6 Å². The van der Waals surface area contributed by atoms with Crippen LogP contribution in [0, 0.1) is 11.8 Å². The molecule has 2 aromatic rings. The second-order valence-electron chi connectivity index (χ2n) is 12.4. The Morgan fingerprint density at radius 2 is 1.42 bits per heavy atom. The summed E-state index contributed by atoms with van der Waals surface area (Å²) in [4.78, 5) is 16.1. The lowest BCUT2D eigenvalue weighted by Gasteiger charge is -2.40. The van der Waals surface area contributed by atoms with Gasteiger partial charge in [0.2, 0.25) is 0 Å². The molecule has 2 bridgehead atoms. The number of urea groups is 1. The predicted octanol–water partition coefficient (Wildman–Crippen LogP) is 6.21. The summed E-state index contributed by atoms with van der Waals surface area (Å²) in [5, 5.41) is 18.7. The van der Waals surface area contributed by atoms with Gasteiger partial charge in [-0.1, -0.05) is 80.9 Å². The van der Waals surface area contributed by atoms with Crippen molar-refractivity contribution in [2.24, 2.45) is 11.8 Å². The van der Waals surface area contributed by atoms with Crippen molar-refractivity contribution in [1.29, 1.82) is 0 Å². The van der Waals surface area contributed by atoms with E-state index in [1.165, 1.54) is 57.9 Å². The normalized spacial score (nSPS) is 26.7. The monoisotopic (exact) mass is 517 g/mol. The fourth-order valence-electron chi connectivity index (χ4n) is 7.55. The van der Waals surface area contributed by atoms with Gasteiger partial charge in [-0.15, -0.1) is 0 Å². The highest BCUT2D eigenvalue weighted by atomic mass is 16.3. The molecule has 5 heteroatoms. The van der Waals surface area contributed by atoms with Crippen LogP contribution in [0.15, 0.2) is 60.7 Å². The number of nitrogens with one attached hydrogen (secondary N) is 2. The highest BCUT2D eigenvalue weighted by Crippen LogP contribution is 2.38. The average Bonchev–Trinajstić information content (AvgIpc) is 3.16. The molecule has 2 aromatic carbocycles. The number of nitrogens with zero attached hydrogens (tertiary/aromatic N) is 1. The molecule has 3 fully saturated rings. The van der Waals surface area contributed by atoms with Crippen LogP contribution >= 0.6 is 0 Å². The fourth-order valence-corrected chi connectivity index (χ4v) is 7.55. The van der Waals surface area contributed by atoms with Crippen molar-refractivity contribution < 1.29 is 9.90 Å². The third kappa shape index (κ3) is 5.94. The molecular weight excluding hydrogens is 470 g/mol. The van der Waals surface area contributed by atoms with Gasteiger partial charge in [0.05, 0.1) is 6.04 Å². The molecule has 2 aliphatic heterocycles. The summed E-state index contributed by atoms with van der Waals surface area (Å²) in [5.74, 6) is 0.800. The Labute approximate surface area is 229 Å². The number of benzene rings is 2. The van der Waals surface area contributed by atoms with E-state index >= 15 is 0 Å². The predicted molar refractivity (Wildman–Crippen MR) is 154 cm³/mol. The number of amides is 2. The Morgan fingerprint density at radius 1 is 0.868 bits per heavy atom. The molecule has 2 saturated heterocycles. The summed E-state index contributed by atoms with van der Waals surface area (Å²) in [6.07, 6.45) is 12.8. The number of hydrogen-bond acceptors (Lipinski definition) is 3. The Morgan fingerprint density at radius 3 is 1.95 bits per heavy atom. The van der Waals surface area contributed by atoms with E-state index in [9.17, 15) is 9.90 Å². The van der Waals surface area contributed by atoms with Gasteiger partial charge in [0.25, 0.3) is 0 Å². The molecule has 3 N–H and O–H groups in total. The van der Waals surface area contributed by atoms with Gasteiger partial charge in [-0.25, -0.2) is 4.79 Å². The maximum atomic E-state index is 13.3. The van der Waals surface area contributed by atoms with E-state index in [1.807, 2.05) is 60.7 Å². The molecule has 2 heterocycles. The Kier molecular flexibility index (Phi) is 8.74. The smallest absolute Gasteiger partial charge is 0.315 e. The van der Waals surface area contributed by atoms with Crippen molar-refractivity contribution in [2.45, 2.75) is 108 Å². The van der Waals surface area contributed by atoms with Crippen LogP contribution in [0.1, 0.15) is 89.2 Å². The Hall–Kier alpha value is -2.37. The Balaban J connectivity index is 1.17. The highest BCUT2D eigenvalue weighted by molar-refractivity contribution is 5.75. The van der Waals surface area contributed by atoms with Gasteiger partial charge in [-0.3, -0.25) is 4.90 Å². The van der Waals surface area contributed by atoms with E-state index in [0.29, 0.717) is 0 Å². The largest absolute Gasteiger partial charge is 0.378 e. The lowest BCUT2D eigenvalue weighted by Crippen LogP contribution is -2.57. The molecule has 0 aromatic heterocycles. The van der Waals surface area contributed by atoms with Crippen LogP contribution in [0.5, 0.6) is 0 Å². The van der Waals surface area contributed by atoms with Crippen molar-refractivity contribution in [3.63, 3.8) is 0 Å². The van der Waals surface area contributed by atoms with Crippen LogP contribution in [-0.4, -0.2) is 46.7 Å². The number of rotatable bonds is 9. The van der Waals surface area contributed by atoms with Crippen LogP contribution in [0.2, 0.25) is 0 Å². The SMILES string of the molecule is CC(C)[C@H](NC(=O)NC1CCC(CCN2[C@@H]3CCC[C@H]2CC3)CC1)C(O)(c1ccccc1)c1ccccc1. The minimum absolute atomic E-state index is 0.0204. The van der Waals surface area contributed by atoms with E-state index in [1.54, 1.807) is 0 Å². The molecule has 3 aliphatic rings. The number of aliphatic hydroxyl groups is 1.